The third kappa shape index (κ3) is 3.14. The molecule has 1 saturated heterocycles. The second-order valence-electron chi connectivity index (χ2n) is 4.65. The van der Waals surface area contributed by atoms with Gasteiger partial charge in [-0.2, -0.15) is 0 Å². The van der Waals surface area contributed by atoms with Gasteiger partial charge in [0.25, 0.3) is 5.91 Å². The maximum absolute atomic E-state index is 12.1. The van der Waals surface area contributed by atoms with Crippen LogP contribution in [0.4, 0.5) is 0 Å². The number of amides is 2. The number of aromatic nitrogens is 1. The Morgan fingerprint density at radius 1 is 1.40 bits per heavy atom. The summed E-state index contributed by atoms with van der Waals surface area (Å²) in [6, 6.07) is 1.19. The number of nitrogens with zero attached hydrogens (tertiary/aromatic N) is 2. The van der Waals surface area contributed by atoms with Crippen molar-refractivity contribution in [3.63, 3.8) is 0 Å². The lowest BCUT2D eigenvalue weighted by Gasteiger charge is -2.31. The van der Waals surface area contributed by atoms with Gasteiger partial charge < -0.3 is 19.8 Å². The Hall–Kier alpha value is -2.38. The van der Waals surface area contributed by atoms with Gasteiger partial charge in [0, 0.05) is 32.1 Å². The fraction of sp³-hybridized carbons (Fsp3) is 0.500. The van der Waals surface area contributed by atoms with Gasteiger partial charge >= 0.3 is 5.97 Å². The molecule has 8 nitrogen and oxygen atoms in total. The van der Waals surface area contributed by atoms with Gasteiger partial charge in [0.2, 0.25) is 11.7 Å². The fourth-order valence-electron chi connectivity index (χ4n) is 2.15. The van der Waals surface area contributed by atoms with E-state index in [1.165, 1.54) is 6.92 Å². The Labute approximate surface area is 114 Å². The Kier molecular flexibility index (Phi) is 4.02. The summed E-state index contributed by atoms with van der Waals surface area (Å²) < 4.78 is 4.56. The SMILES string of the molecule is CC(=O)NC1CCN(C(=O)c2cc(C(=O)O)on2)CC1. The molecule has 2 heterocycles. The maximum Gasteiger partial charge on any atom is 0.374 e. The van der Waals surface area contributed by atoms with Gasteiger partial charge in [-0.25, -0.2) is 4.79 Å². The van der Waals surface area contributed by atoms with Crippen molar-refractivity contribution in [3.8, 4) is 0 Å². The fourth-order valence-corrected chi connectivity index (χ4v) is 2.15. The smallest absolute Gasteiger partial charge is 0.374 e. The van der Waals surface area contributed by atoms with E-state index in [2.05, 4.69) is 15.0 Å². The molecular weight excluding hydrogens is 266 g/mol. The lowest BCUT2D eigenvalue weighted by molar-refractivity contribution is -0.119. The minimum absolute atomic E-state index is 0.0135. The zero-order valence-electron chi connectivity index (χ0n) is 11.0. The van der Waals surface area contributed by atoms with Crippen LogP contribution in [-0.4, -0.2) is 52.1 Å². The molecule has 0 atom stereocenters. The highest BCUT2D eigenvalue weighted by Crippen LogP contribution is 2.14. The van der Waals surface area contributed by atoms with Crippen LogP contribution >= 0.6 is 0 Å². The summed E-state index contributed by atoms with van der Waals surface area (Å²) in [7, 11) is 0. The van der Waals surface area contributed by atoms with Crippen molar-refractivity contribution >= 4 is 17.8 Å². The van der Waals surface area contributed by atoms with Gasteiger partial charge in [-0.05, 0) is 12.8 Å². The zero-order chi connectivity index (χ0) is 14.7. The van der Waals surface area contributed by atoms with Crippen LogP contribution < -0.4 is 5.32 Å². The standard InChI is InChI=1S/C12H15N3O5/c1-7(16)13-8-2-4-15(5-3-8)11(17)9-6-10(12(18)19)20-14-9/h6,8H,2-5H2,1H3,(H,13,16)(H,18,19). The third-order valence-electron chi connectivity index (χ3n) is 3.13. The van der Waals surface area contributed by atoms with E-state index < -0.39 is 5.97 Å². The van der Waals surface area contributed by atoms with E-state index in [0.717, 1.165) is 6.07 Å². The lowest BCUT2D eigenvalue weighted by Crippen LogP contribution is -2.46. The molecule has 8 heteroatoms. The number of nitrogens with one attached hydrogen (secondary N) is 1. The first kappa shape index (κ1) is 14.0. The number of aromatic carboxylic acids is 1. The van der Waals surface area contributed by atoms with E-state index in [9.17, 15) is 14.4 Å². The average molecular weight is 281 g/mol. The maximum atomic E-state index is 12.1. The Bertz CT molecular complexity index is 531. The number of hydrogen-bond acceptors (Lipinski definition) is 5. The van der Waals surface area contributed by atoms with Gasteiger partial charge in [0.1, 0.15) is 0 Å². The van der Waals surface area contributed by atoms with Crippen LogP contribution in [0, 0.1) is 0 Å². The summed E-state index contributed by atoms with van der Waals surface area (Å²) in [5, 5.41) is 15.0. The van der Waals surface area contributed by atoms with Crippen LogP contribution in [0.15, 0.2) is 10.6 Å². The molecular formula is C12H15N3O5. The Balaban J connectivity index is 1.94. The molecule has 0 spiro atoms. The van der Waals surface area contributed by atoms with E-state index in [-0.39, 0.29) is 29.3 Å². The van der Waals surface area contributed by atoms with Crippen LogP contribution in [0.5, 0.6) is 0 Å². The molecule has 1 aromatic rings. The van der Waals surface area contributed by atoms with Crippen molar-refractivity contribution in [3.05, 3.63) is 17.5 Å². The zero-order valence-corrected chi connectivity index (χ0v) is 11.0. The van der Waals surface area contributed by atoms with Crippen LogP contribution in [0.25, 0.3) is 0 Å². The first-order valence-electron chi connectivity index (χ1n) is 6.23. The molecule has 0 saturated carbocycles. The van der Waals surface area contributed by atoms with E-state index >= 15 is 0 Å². The molecule has 108 valence electrons. The van der Waals surface area contributed by atoms with E-state index in [1.807, 2.05) is 0 Å². The molecule has 0 aliphatic carbocycles. The quantitative estimate of drug-likeness (QED) is 0.813. The van der Waals surface area contributed by atoms with Crippen molar-refractivity contribution in [1.82, 2.24) is 15.4 Å². The molecule has 1 fully saturated rings. The summed E-state index contributed by atoms with van der Waals surface area (Å²) in [5.41, 5.74) is -0.0135. The lowest BCUT2D eigenvalue weighted by atomic mass is 10.0. The monoisotopic (exact) mass is 281 g/mol. The molecule has 2 rings (SSSR count). The molecule has 2 N–H and O–H groups in total. The molecule has 0 radical (unpaired) electrons. The molecule has 20 heavy (non-hydrogen) atoms. The second kappa shape index (κ2) is 5.72. The van der Waals surface area contributed by atoms with Crippen molar-refractivity contribution < 1.29 is 24.0 Å². The normalized spacial score (nSPS) is 15.9. The number of rotatable bonds is 3. The van der Waals surface area contributed by atoms with Crippen molar-refractivity contribution in [2.75, 3.05) is 13.1 Å². The largest absolute Gasteiger partial charge is 0.475 e. The predicted molar refractivity (Wildman–Crippen MR) is 66.2 cm³/mol. The van der Waals surface area contributed by atoms with Crippen molar-refractivity contribution in [2.45, 2.75) is 25.8 Å². The average Bonchev–Trinajstić information content (AvgIpc) is 2.88. The summed E-state index contributed by atoms with van der Waals surface area (Å²) >= 11 is 0. The minimum atomic E-state index is -1.26. The van der Waals surface area contributed by atoms with Gasteiger partial charge in [0.15, 0.2) is 5.69 Å². The summed E-state index contributed by atoms with van der Waals surface area (Å²) in [4.78, 5) is 35.3. The second-order valence-corrected chi connectivity index (χ2v) is 4.65. The molecule has 1 aliphatic heterocycles. The molecule has 0 unspecified atom stereocenters. The van der Waals surface area contributed by atoms with Crippen LogP contribution in [-0.2, 0) is 4.79 Å². The van der Waals surface area contributed by atoms with Gasteiger partial charge in [-0.15, -0.1) is 0 Å². The van der Waals surface area contributed by atoms with Crippen LogP contribution in [0.2, 0.25) is 0 Å². The van der Waals surface area contributed by atoms with Crippen LogP contribution in [0.1, 0.15) is 40.8 Å². The highest BCUT2D eigenvalue weighted by atomic mass is 16.5. The molecule has 2 amide bonds. The predicted octanol–water partition coefficient (Wildman–Crippen LogP) is 0.113. The van der Waals surface area contributed by atoms with Crippen LogP contribution in [0.3, 0.4) is 0 Å². The van der Waals surface area contributed by atoms with E-state index in [1.54, 1.807) is 4.90 Å². The molecule has 0 bridgehead atoms. The number of piperidine rings is 1. The number of carboxylic acid groups (broad SMARTS) is 1. The minimum Gasteiger partial charge on any atom is -0.475 e. The van der Waals surface area contributed by atoms with E-state index in [0.29, 0.717) is 25.9 Å². The number of carboxylic acids is 1. The highest BCUT2D eigenvalue weighted by Gasteiger charge is 2.26. The number of carbonyl (C=O) groups excluding carboxylic acids is 2. The highest BCUT2D eigenvalue weighted by molar-refractivity contribution is 5.94. The topological polar surface area (TPSA) is 113 Å². The van der Waals surface area contributed by atoms with Gasteiger partial charge in [-0.1, -0.05) is 5.16 Å². The summed E-state index contributed by atoms with van der Waals surface area (Å²) in [6.07, 6.45) is 1.32. The first-order chi connectivity index (χ1) is 9.47. The molecule has 1 aromatic heterocycles. The van der Waals surface area contributed by atoms with Gasteiger partial charge in [0.05, 0.1) is 0 Å². The molecule has 0 aromatic carbocycles. The summed E-state index contributed by atoms with van der Waals surface area (Å²) in [6.45, 7) is 2.43. The number of likely N-dealkylation sites (tertiary alicyclic amines) is 1. The van der Waals surface area contributed by atoms with E-state index in [4.69, 9.17) is 5.11 Å². The van der Waals surface area contributed by atoms with Crippen molar-refractivity contribution in [2.24, 2.45) is 0 Å². The Morgan fingerprint density at radius 2 is 2.05 bits per heavy atom. The first-order valence-corrected chi connectivity index (χ1v) is 6.23. The molecule has 1 aliphatic rings. The van der Waals surface area contributed by atoms with Crippen molar-refractivity contribution in [1.29, 1.82) is 0 Å². The summed E-state index contributed by atoms with van der Waals surface area (Å²) in [5.74, 6) is -2.07. The number of carbonyl (C=O) groups is 3. The van der Waals surface area contributed by atoms with Gasteiger partial charge in [-0.3, -0.25) is 9.59 Å². The Morgan fingerprint density at radius 3 is 2.55 bits per heavy atom. The number of hydrogen-bond donors (Lipinski definition) is 2. The third-order valence-corrected chi connectivity index (χ3v) is 3.13.